The van der Waals surface area contributed by atoms with Crippen LogP contribution in [0.3, 0.4) is 0 Å². The number of aromatic carboxylic acids is 1. The van der Waals surface area contributed by atoms with Gasteiger partial charge in [0, 0.05) is 12.4 Å². The Morgan fingerprint density at radius 1 is 1.33 bits per heavy atom. The number of pyridine rings is 1. The Morgan fingerprint density at radius 3 is 2.44 bits per heavy atom. The first-order chi connectivity index (χ1) is 7.68. The fraction of sp³-hybridized carbons (Fsp3) is 0.200. The average molecular weight is 291 g/mol. The quantitative estimate of drug-likeness (QED) is 0.928. The van der Waals surface area contributed by atoms with Gasteiger partial charge in [0.2, 0.25) is 0 Å². The first-order valence-corrected chi connectivity index (χ1v) is 4.71. The number of halogens is 2. The van der Waals surface area contributed by atoms with Crippen molar-refractivity contribution in [2.75, 3.05) is 0 Å². The maximum atomic E-state index is 10.8. The number of hydrogen-bond donors (Lipinski definition) is 1. The number of nitrogens with zero attached hydrogens (tertiary/aromatic N) is 4. The molecule has 2 aromatic rings. The molecule has 0 fully saturated rings. The molecule has 2 rings (SSSR count). The summed E-state index contributed by atoms with van der Waals surface area (Å²) in [4.78, 5) is 14.7. The molecule has 0 bridgehead atoms. The summed E-state index contributed by atoms with van der Waals surface area (Å²) in [5.41, 5.74) is 1.54. The molecule has 0 amide bonds. The second kappa shape index (κ2) is 6.93. The molecule has 0 saturated carbocycles. The third kappa shape index (κ3) is 3.41. The van der Waals surface area contributed by atoms with Crippen molar-refractivity contribution in [2.45, 2.75) is 13.5 Å². The van der Waals surface area contributed by atoms with Gasteiger partial charge in [0.25, 0.3) is 0 Å². The zero-order valence-electron chi connectivity index (χ0n) is 9.48. The van der Waals surface area contributed by atoms with Gasteiger partial charge < -0.3 is 5.11 Å². The summed E-state index contributed by atoms with van der Waals surface area (Å²) >= 11 is 0. The van der Waals surface area contributed by atoms with Gasteiger partial charge in [0.1, 0.15) is 0 Å². The minimum atomic E-state index is -1.06. The van der Waals surface area contributed by atoms with E-state index < -0.39 is 5.97 Å². The van der Waals surface area contributed by atoms with E-state index in [4.69, 9.17) is 5.11 Å². The fourth-order valence-corrected chi connectivity index (χ4v) is 1.37. The second-order valence-electron chi connectivity index (χ2n) is 3.34. The van der Waals surface area contributed by atoms with Crippen LogP contribution in [0.1, 0.15) is 21.7 Å². The van der Waals surface area contributed by atoms with E-state index in [0.717, 1.165) is 5.56 Å². The Kier molecular flexibility index (Phi) is 6.29. The molecule has 0 aliphatic carbocycles. The third-order valence-electron chi connectivity index (χ3n) is 2.27. The van der Waals surface area contributed by atoms with Crippen molar-refractivity contribution < 1.29 is 9.90 Å². The molecule has 0 aliphatic rings. The highest BCUT2D eigenvalue weighted by molar-refractivity contribution is 5.86. The van der Waals surface area contributed by atoms with Crippen molar-refractivity contribution in [2.24, 2.45) is 0 Å². The van der Waals surface area contributed by atoms with E-state index in [1.54, 1.807) is 24.0 Å². The molecule has 0 unspecified atom stereocenters. The summed E-state index contributed by atoms with van der Waals surface area (Å²) in [7, 11) is 0. The lowest BCUT2D eigenvalue weighted by Crippen LogP contribution is -2.05. The van der Waals surface area contributed by atoms with Crippen LogP contribution >= 0.6 is 24.8 Å². The topological polar surface area (TPSA) is 80.9 Å². The molecule has 8 heteroatoms. The van der Waals surface area contributed by atoms with E-state index in [-0.39, 0.29) is 30.5 Å². The van der Waals surface area contributed by atoms with Crippen LogP contribution in [-0.4, -0.2) is 31.1 Å². The number of carboxylic acids is 1. The van der Waals surface area contributed by atoms with Crippen LogP contribution in [0.4, 0.5) is 0 Å². The smallest absolute Gasteiger partial charge is 0.358 e. The highest BCUT2D eigenvalue weighted by Crippen LogP contribution is 2.06. The molecule has 18 heavy (non-hydrogen) atoms. The van der Waals surface area contributed by atoms with E-state index in [9.17, 15) is 4.79 Å². The molecule has 98 valence electrons. The van der Waals surface area contributed by atoms with Gasteiger partial charge >= 0.3 is 5.97 Å². The molecule has 2 aromatic heterocycles. The molecule has 0 saturated heterocycles. The predicted molar refractivity (Wildman–Crippen MR) is 69.6 cm³/mol. The van der Waals surface area contributed by atoms with Crippen LogP contribution in [-0.2, 0) is 6.54 Å². The molecule has 0 atom stereocenters. The Morgan fingerprint density at radius 2 is 1.94 bits per heavy atom. The Bertz CT molecular complexity index is 516. The van der Waals surface area contributed by atoms with Crippen molar-refractivity contribution in [3.05, 3.63) is 41.5 Å². The Balaban J connectivity index is 0.00000144. The number of aromatic nitrogens is 4. The number of carboxylic acid groups (broad SMARTS) is 1. The normalized spacial score (nSPS) is 9.17. The Hall–Kier alpha value is -1.66. The Labute approximate surface area is 116 Å². The zero-order chi connectivity index (χ0) is 11.5. The molecular weight excluding hydrogens is 279 g/mol. The first-order valence-electron chi connectivity index (χ1n) is 4.71. The number of rotatable bonds is 3. The van der Waals surface area contributed by atoms with Crippen LogP contribution < -0.4 is 0 Å². The van der Waals surface area contributed by atoms with Gasteiger partial charge in [-0.3, -0.25) is 4.98 Å². The van der Waals surface area contributed by atoms with Gasteiger partial charge in [-0.15, -0.1) is 29.9 Å². The summed E-state index contributed by atoms with van der Waals surface area (Å²) in [6.45, 7) is 2.18. The summed E-state index contributed by atoms with van der Waals surface area (Å²) in [5, 5.41) is 16.2. The maximum Gasteiger partial charge on any atom is 0.358 e. The van der Waals surface area contributed by atoms with Crippen molar-refractivity contribution in [1.82, 2.24) is 20.0 Å². The van der Waals surface area contributed by atoms with Gasteiger partial charge in [-0.2, -0.15) is 0 Å². The molecule has 0 aromatic carbocycles. The lowest BCUT2D eigenvalue weighted by Gasteiger charge is -2.02. The van der Waals surface area contributed by atoms with Crippen molar-refractivity contribution in [3.63, 3.8) is 0 Å². The molecule has 0 radical (unpaired) electrons. The lowest BCUT2D eigenvalue weighted by atomic mass is 10.2. The van der Waals surface area contributed by atoms with E-state index >= 15 is 0 Å². The first kappa shape index (κ1) is 16.3. The van der Waals surface area contributed by atoms with Gasteiger partial charge in [-0.25, -0.2) is 9.48 Å². The minimum absolute atomic E-state index is 0. The van der Waals surface area contributed by atoms with E-state index in [1.807, 2.05) is 12.1 Å². The molecule has 0 spiro atoms. The third-order valence-corrected chi connectivity index (χ3v) is 2.27. The standard InChI is InChI=1S/C10H10N4O2.2ClH/c1-7-9(10(15)16)12-13-14(7)6-8-2-4-11-5-3-8;;/h2-5H,6H2,1H3,(H,15,16);2*1H. The molecule has 0 aliphatic heterocycles. The summed E-state index contributed by atoms with van der Waals surface area (Å²) in [5.74, 6) is -1.06. The SMILES string of the molecule is Cc1c(C(=O)O)nnn1Cc1ccncc1.Cl.Cl. The highest BCUT2D eigenvalue weighted by Gasteiger charge is 2.14. The number of carbonyl (C=O) groups is 1. The monoisotopic (exact) mass is 290 g/mol. The molecule has 6 nitrogen and oxygen atoms in total. The predicted octanol–water partition coefficient (Wildman–Crippen LogP) is 1.57. The maximum absolute atomic E-state index is 10.8. The van der Waals surface area contributed by atoms with Crippen LogP contribution in [0.25, 0.3) is 0 Å². The summed E-state index contributed by atoms with van der Waals surface area (Å²) in [6, 6.07) is 3.70. The van der Waals surface area contributed by atoms with Crippen molar-refractivity contribution in [3.8, 4) is 0 Å². The summed E-state index contributed by atoms with van der Waals surface area (Å²) < 4.78 is 1.55. The molecule has 1 N–H and O–H groups in total. The van der Waals surface area contributed by atoms with Crippen molar-refractivity contribution in [1.29, 1.82) is 0 Å². The summed E-state index contributed by atoms with van der Waals surface area (Å²) in [6.07, 6.45) is 3.36. The lowest BCUT2D eigenvalue weighted by molar-refractivity contribution is 0.0689. The minimum Gasteiger partial charge on any atom is -0.476 e. The van der Waals surface area contributed by atoms with E-state index in [1.165, 1.54) is 0 Å². The van der Waals surface area contributed by atoms with Gasteiger partial charge in [0.05, 0.1) is 12.2 Å². The van der Waals surface area contributed by atoms with Gasteiger partial charge in [0.15, 0.2) is 5.69 Å². The van der Waals surface area contributed by atoms with Crippen LogP contribution in [0.2, 0.25) is 0 Å². The van der Waals surface area contributed by atoms with E-state index in [2.05, 4.69) is 15.3 Å². The van der Waals surface area contributed by atoms with Crippen LogP contribution in [0.5, 0.6) is 0 Å². The van der Waals surface area contributed by atoms with E-state index in [0.29, 0.717) is 12.2 Å². The van der Waals surface area contributed by atoms with Crippen molar-refractivity contribution >= 4 is 30.8 Å². The average Bonchev–Trinajstić information content (AvgIpc) is 2.62. The largest absolute Gasteiger partial charge is 0.476 e. The second-order valence-corrected chi connectivity index (χ2v) is 3.34. The van der Waals surface area contributed by atoms with Crippen LogP contribution in [0, 0.1) is 6.92 Å². The van der Waals surface area contributed by atoms with Crippen LogP contribution in [0.15, 0.2) is 24.5 Å². The fourth-order valence-electron chi connectivity index (χ4n) is 1.37. The molecular formula is C10H12Cl2N4O2. The molecule has 2 heterocycles. The number of hydrogen-bond acceptors (Lipinski definition) is 4. The van der Waals surface area contributed by atoms with Gasteiger partial charge in [-0.05, 0) is 24.6 Å². The van der Waals surface area contributed by atoms with Gasteiger partial charge in [-0.1, -0.05) is 5.21 Å². The highest BCUT2D eigenvalue weighted by atomic mass is 35.5. The zero-order valence-corrected chi connectivity index (χ0v) is 11.1.